The molecule has 0 spiro atoms. The Balaban J connectivity index is 1.55. The smallest absolute Gasteiger partial charge is 0.333 e. The maximum atomic E-state index is 12.8. The van der Waals surface area contributed by atoms with Crippen molar-refractivity contribution in [1.29, 1.82) is 0 Å². The number of carbonyl (C=O) groups excluding carboxylic acids is 2. The minimum absolute atomic E-state index is 0.213. The fourth-order valence-electron chi connectivity index (χ4n) is 3.06. The molecule has 8 heteroatoms. The van der Waals surface area contributed by atoms with E-state index >= 15 is 0 Å². The van der Waals surface area contributed by atoms with Crippen LogP contribution in [0.1, 0.15) is 11.1 Å². The molecule has 3 aromatic rings. The summed E-state index contributed by atoms with van der Waals surface area (Å²) in [7, 11) is 0. The van der Waals surface area contributed by atoms with Crippen LogP contribution in [0.25, 0.3) is 6.08 Å². The second kappa shape index (κ2) is 9.58. The van der Waals surface area contributed by atoms with E-state index in [2.05, 4.69) is 50.5 Å². The molecular weight excluding hydrogens is 642 g/mol. The molecule has 31 heavy (non-hydrogen) atoms. The third-order valence-electron chi connectivity index (χ3n) is 4.52. The number of anilines is 1. The van der Waals surface area contributed by atoms with Crippen molar-refractivity contribution >= 4 is 80.5 Å². The Bertz CT molecular complexity index is 1160. The van der Waals surface area contributed by atoms with Crippen LogP contribution in [0.2, 0.25) is 5.02 Å². The molecule has 3 aromatic carbocycles. The third-order valence-corrected chi connectivity index (χ3v) is 6.38. The van der Waals surface area contributed by atoms with E-state index in [4.69, 9.17) is 16.3 Å². The zero-order chi connectivity index (χ0) is 22.0. The van der Waals surface area contributed by atoms with Crippen LogP contribution in [0.4, 0.5) is 10.5 Å². The predicted octanol–water partition coefficient (Wildman–Crippen LogP) is 6.23. The van der Waals surface area contributed by atoms with Crippen LogP contribution in [0.15, 0.2) is 72.4 Å². The van der Waals surface area contributed by atoms with E-state index in [0.29, 0.717) is 17.3 Å². The Kier molecular flexibility index (Phi) is 6.83. The van der Waals surface area contributed by atoms with E-state index in [0.717, 1.165) is 28.9 Å². The summed E-state index contributed by atoms with van der Waals surface area (Å²) in [5.41, 5.74) is 2.55. The first-order valence-corrected chi connectivity index (χ1v) is 11.7. The van der Waals surface area contributed by atoms with Gasteiger partial charge < -0.3 is 10.1 Å². The second-order valence-electron chi connectivity index (χ2n) is 6.69. The van der Waals surface area contributed by atoms with Crippen molar-refractivity contribution in [2.75, 3.05) is 4.90 Å². The Labute approximate surface area is 211 Å². The molecule has 0 unspecified atom stereocenters. The van der Waals surface area contributed by atoms with Crippen molar-refractivity contribution in [1.82, 2.24) is 5.32 Å². The normalized spacial score (nSPS) is 14.8. The first kappa shape index (κ1) is 22.1. The number of rotatable bonds is 5. The van der Waals surface area contributed by atoms with Gasteiger partial charge in [-0.15, -0.1) is 0 Å². The van der Waals surface area contributed by atoms with Gasteiger partial charge in [0.2, 0.25) is 0 Å². The molecule has 1 fully saturated rings. The van der Waals surface area contributed by atoms with E-state index in [1.807, 2.05) is 42.5 Å². The van der Waals surface area contributed by atoms with Gasteiger partial charge in [-0.1, -0.05) is 41.9 Å². The number of hydrogen-bond donors (Lipinski definition) is 1. The monoisotopic (exact) mass is 656 g/mol. The topological polar surface area (TPSA) is 58.6 Å². The van der Waals surface area contributed by atoms with Crippen LogP contribution in [0.3, 0.4) is 0 Å². The van der Waals surface area contributed by atoms with Crippen LogP contribution in [0, 0.1) is 7.14 Å². The highest BCUT2D eigenvalue weighted by Gasteiger charge is 2.34. The minimum atomic E-state index is -0.495. The second-order valence-corrected chi connectivity index (χ2v) is 9.45. The number of imide groups is 1. The lowest BCUT2D eigenvalue weighted by molar-refractivity contribution is -0.113. The minimum Gasteiger partial charge on any atom is -0.487 e. The largest absolute Gasteiger partial charge is 0.487 e. The molecule has 1 saturated heterocycles. The molecule has 0 atom stereocenters. The third kappa shape index (κ3) is 5.04. The number of ether oxygens (including phenoxy) is 1. The Morgan fingerprint density at radius 1 is 0.968 bits per heavy atom. The van der Waals surface area contributed by atoms with Crippen molar-refractivity contribution in [3.63, 3.8) is 0 Å². The average Bonchev–Trinajstić information content (AvgIpc) is 3.02. The van der Waals surface area contributed by atoms with Crippen molar-refractivity contribution in [3.8, 4) is 5.75 Å². The fraction of sp³-hybridized carbons (Fsp3) is 0.0435. The van der Waals surface area contributed by atoms with Crippen LogP contribution >= 0.6 is 56.8 Å². The lowest BCUT2D eigenvalue weighted by Crippen LogP contribution is -2.30. The SMILES string of the molecule is O=C1N/C(=C/c2cc(I)c(OCc3ccccc3)c(I)c2)C(=O)N1c1ccc(Cl)cc1. The number of amides is 3. The Morgan fingerprint density at radius 2 is 1.61 bits per heavy atom. The van der Waals surface area contributed by atoms with Crippen LogP contribution in [-0.4, -0.2) is 11.9 Å². The van der Waals surface area contributed by atoms with Crippen molar-refractivity contribution in [2.24, 2.45) is 0 Å². The summed E-state index contributed by atoms with van der Waals surface area (Å²) in [5, 5.41) is 3.18. The van der Waals surface area contributed by atoms with Gasteiger partial charge >= 0.3 is 6.03 Å². The lowest BCUT2D eigenvalue weighted by Gasteiger charge is -2.12. The summed E-state index contributed by atoms with van der Waals surface area (Å²) in [6, 6.07) is 19.8. The lowest BCUT2D eigenvalue weighted by atomic mass is 10.1. The highest BCUT2D eigenvalue weighted by Crippen LogP contribution is 2.31. The Hall–Kier alpha value is -2.11. The number of halogens is 3. The first-order valence-electron chi connectivity index (χ1n) is 9.21. The van der Waals surface area contributed by atoms with Crippen molar-refractivity contribution < 1.29 is 14.3 Å². The van der Waals surface area contributed by atoms with E-state index in [9.17, 15) is 9.59 Å². The van der Waals surface area contributed by atoms with E-state index in [-0.39, 0.29) is 5.70 Å². The molecule has 4 rings (SSSR count). The summed E-state index contributed by atoms with van der Waals surface area (Å²) in [4.78, 5) is 26.3. The molecule has 1 aliphatic rings. The van der Waals surface area contributed by atoms with Crippen LogP contribution in [0.5, 0.6) is 5.75 Å². The van der Waals surface area contributed by atoms with Crippen molar-refractivity contribution in [2.45, 2.75) is 6.61 Å². The summed E-state index contributed by atoms with van der Waals surface area (Å²) in [6.07, 6.45) is 1.67. The number of nitrogens with zero attached hydrogens (tertiary/aromatic N) is 1. The van der Waals surface area contributed by atoms with E-state index in [1.165, 1.54) is 0 Å². The average molecular weight is 657 g/mol. The maximum Gasteiger partial charge on any atom is 0.333 e. The molecule has 0 saturated carbocycles. The highest BCUT2D eigenvalue weighted by molar-refractivity contribution is 14.1. The van der Waals surface area contributed by atoms with Gasteiger partial charge in [0.05, 0.1) is 12.8 Å². The van der Waals surface area contributed by atoms with Gasteiger partial charge in [-0.3, -0.25) is 4.79 Å². The van der Waals surface area contributed by atoms with Crippen molar-refractivity contribution in [3.05, 3.63) is 95.7 Å². The summed E-state index contributed by atoms with van der Waals surface area (Å²) in [6.45, 7) is 0.470. The number of nitrogens with one attached hydrogen (secondary N) is 1. The van der Waals surface area contributed by atoms with E-state index < -0.39 is 11.9 Å². The zero-order valence-corrected chi connectivity index (χ0v) is 21.0. The standard InChI is InChI=1S/C23H15ClI2N2O3/c24-16-6-8-17(9-7-16)28-22(29)20(27-23(28)30)12-15-10-18(25)21(19(26)11-15)31-13-14-4-2-1-3-5-14/h1-12H,13H2,(H,27,30)/b20-12+. The van der Waals surface area contributed by atoms with Gasteiger partial charge in [-0.25, -0.2) is 9.69 Å². The number of hydrogen-bond acceptors (Lipinski definition) is 3. The molecule has 3 amide bonds. The van der Waals surface area contributed by atoms with Gasteiger partial charge in [0, 0.05) is 5.02 Å². The van der Waals surface area contributed by atoms with Gasteiger partial charge in [-0.05, 0) is 98.8 Å². The number of carbonyl (C=O) groups is 2. The predicted molar refractivity (Wildman–Crippen MR) is 138 cm³/mol. The van der Waals surface area contributed by atoms with Crippen LogP contribution < -0.4 is 15.0 Å². The molecule has 0 aliphatic carbocycles. The molecule has 0 radical (unpaired) electrons. The van der Waals surface area contributed by atoms with Crippen LogP contribution in [-0.2, 0) is 11.4 Å². The van der Waals surface area contributed by atoms with Gasteiger partial charge in [-0.2, -0.15) is 0 Å². The van der Waals surface area contributed by atoms with E-state index in [1.54, 1.807) is 30.3 Å². The molecule has 5 nitrogen and oxygen atoms in total. The summed E-state index contributed by atoms with van der Waals surface area (Å²) < 4.78 is 7.84. The molecule has 1 aliphatic heterocycles. The zero-order valence-electron chi connectivity index (χ0n) is 15.9. The molecule has 0 aromatic heterocycles. The molecule has 1 N–H and O–H groups in total. The van der Waals surface area contributed by atoms with Gasteiger partial charge in [0.1, 0.15) is 18.1 Å². The van der Waals surface area contributed by atoms with Gasteiger partial charge in [0.15, 0.2) is 0 Å². The number of urea groups is 1. The van der Waals surface area contributed by atoms with Gasteiger partial charge in [0.25, 0.3) is 5.91 Å². The molecule has 1 heterocycles. The number of benzene rings is 3. The summed E-state index contributed by atoms with van der Waals surface area (Å²) >= 11 is 10.3. The molecule has 0 bridgehead atoms. The molecular formula is C23H15ClI2N2O3. The fourth-order valence-corrected chi connectivity index (χ4v) is 5.31. The highest BCUT2D eigenvalue weighted by atomic mass is 127. The molecule has 156 valence electrons. The Morgan fingerprint density at radius 3 is 2.26 bits per heavy atom. The quantitative estimate of drug-likeness (QED) is 0.202. The summed E-state index contributed by atoms with van der Waals surface area (Å²) in [5.74, 6) is 0.374. The first-order chi connectivity index (χ1) is 14.9. The maximum absolute atomic E-state index is 12.8.